The second-order valence-corrected chi connectivity index (χ2v) is 5.89. The molecule has 2 nitrogen and oxygen atoms in total. The van der Waals surface area contributed by atoms with Gasteiger partial charge in [-0.1, -0.05) is 19.1 Å². The second-order valence-electron chi connectivity index (χ2n) is 4.12. The summed E-state index contributed by atoms with van der Waals surface area (Å²) in [5, 5.41) is 5.55. The van der Waals surface area contributed by atoms with Crippen molar-refractivity contribution in [2.45, 2.75) is 30.5 Å². The number of hydrogen-bond donors (Lipinski definition) is 1. The Morgan fingerprint density at radius 2 is 2.33 bits per heavy atom. The highest BCUT2D eigenvalue weighted by molar-refractivity contribution is 7.98. The third-order valence-electron chi connectivity index (χ3n) is 2.74. The van der Waals surface area contributed by atoms with Gasteiger partial charge in [-0.3, -0.25) is 0 Å². The van der Waals surface area contributed by atoms with E-state index in [-0.39, 0.29) is 0 Å². The average molecular weight is 278 g/mol. The van der Waals surface area contributed by atoms with Crippen LogP contribution in [0.1, 0.15) is 31.1 Å². The fourth-order valence-corrected chi connectivity index (χ4v) is 3.29. The standard InChI is InChI=1S/C14H18N2S2/c1-3-15-11(2)12-5-4-6-14(7-12)18-9-13-8-17-10-16-13/h4-8,10-11,15H,3,9H2,1-2H3. The number of rotatable bonds is 6. The number of nitrogens with one attached hydrogen (secondary N) is 1. The molecule has 0 spiro atoms. The van der Waals surface area contributed by atoms with Crippen LogP contribution in [0, 0.1) is 0 Å². The molecule has 0 radical (unpaired) electrons. The first kappa shape index (κ1) is 13.6. The molecule has 1 aromatic heterocycles. The van der Waals surface area contributed by atoms with Gasteiger partial charge in [-0.15, -0.1) is 23.1 Å². The molecule has 18 heavy (non-hydrogen) atoms. The van der Waals surface area contributed by atoms with E-state index in [4.69, 9.17) is 0 Å². The topological polar surface area (TPSA) is 24.9 Å². The Morgan fingerprint density at radius 1 is 1.44 bits per heavy atom. The molecule has 0 bridgehead atoms. The van der Waals surface area contributed by atoms with Crippen LogP contribution in [0.3, 0.4) is 0 Å². The van der Waals surface area contributed by atoms with Crippen molar-refractivity contribution in [2.24, 2.45) is 0 Å². The van der Waals surface area contributed by atoms with E-state index in [0.29, 0.717) is 6.04 Å². The van der Waals surface area contributed by atoms with Crippen molar-refractivity contribution in [2.75, 3.05) is 6.54 Å². The van der Waals surface area contributed by atoms with Crippen molar-refractivity contribution in [3.63, 3.8) is 0 Å². The van der Waals surface area contributed by atoms with Crippen LogP contribution in [0.5, 0.6) is 0 Å². The Morgan fingerprint density at radius 3 is 3.06 bits per heavy atom. The Bertz CT molecular complexity index is 468. The summed E-state index contributed by atoms with van der Waals surface area (Å²) in [4.78, 5) is 5.61. The predicted octanol–water partition coefficient (Wildman–Crippen LogP) is 4.11. The summed E-state index contributed by atoms with van der Waals surface area (Å²) >= 11 is 3.50. The van der Waals surface area contributed by atoms with Crippen molar-refractivity contribution in [3.8, 4) is 0 Å². The lowest BCUT2D eigenvalue weighted by Gasteiger charge is -2.13. The molecule has 1 heterocycles. The van der Waals surface area contributed by atoms with Crippen LogP contribution < -0.4 is 5.32 Å². The number of benzene rings is 1. The highest BCUT2D eigenvalue weighted by atomic mass is 32.2. The highest BCUT2D eigenvalue weighted by Gasteiger charge is 2.05. The maximum atomic E-state index is 4.30. The molecule has 2 rings (SSSR count). The van der Waals surface area contributed by atoms with Gasteiger partial charge in [0.05, 0.1) is 11.2 Å². The van der Waals surface area contributed by atoms with Crippen molar-refractivity contribution in [3.05, 3.63) is 46.4 Å². The number of aromatic nitrogens is 1. The molecular weight excluding hydrogens is 260 g/mol. The number of nitrogens with zero attached hydrogens (tertiary/aromatic N) is 1. The van der Waals surface area contributed by atoms with Gasteiger partial charge in [0.25, 0.3) is 0 Å². The summed E-state index contributed by atoms with van der Waals surface area (Å²) in [6.07, 6.45) is 0. The second kappa shape index (κ2) is 6.92. The molecule has 0 aliphatic carbocycles. The molecule has 1 atom stereocenters. The van der Waals surface area contributed by atoms with E-state index in [9.17, 15) is 0 Å². The molecule has 1 unspecified atom stereocenters. The summed E-state index contributed by atoms with van der Waals surface area (Å²) in [7, 11) is 0. The van der Waals surface area contributed by atoms with Gasteiger partial charge in [-0.2, -0.15) is 0 Å². The molecule has 4 heteroatoms. The van der Waals surface area contributed by atoms with E-state index < -0.39 is 0 Å². The van der Waals surface area contributed by atoms with Crippen LogP contribution in [0.4, 0.5) is 0 Å². The van der Waals surface area contributed by atoms with Crippen LogP contribution in [0.2, 0.25) is 0 Å². The maximum absolute atomic E-state index is 4.30. The summed E-state index contributed by atoms with van der Waals surface area (Å²) in [5.74, 6) is 0.947. The molecule has 96 valence electrons. The minimum atomic E-state index is 0.412. The quantitative estimate of drug-likeness (QED) is 0.805. The molecule has 0 aliphatic heterocycles. The van der Waals surface area contributed by atoms with E-state index in [1.54, 1.807) is 11.3 Å². The SMILES string of the molecule is CCNC(C)c1cccc(SCc2cscn2)c1. The molecule has 0 saturated carbocycles. The average Bonchev–Trinajstić information content (AvgIpc) is 2.90. The fourth-order valence-electron chi connectivity index (χ4n) is 1.76. The molecule has 0 aliphatic rings. The third kappa shape index (κ3) is 3.83. The smallest absolute Gasteiger partial charge is 0.0795 e. The Balaban J connectivity index is 1.98. The fraction of sp³-hybridized carbons (Fsp3) is 0.357. The van der Waals surface area contributed by atoms with Gasteiger partial charge in [0.1, 0.15) is 0 Å². The van der Waals surface area contributed by atoms with Crippen LogP contribution in [0.15, 0.2) is 40.1 Å². The normalized spacial score (nSPS) is 12.6. The molecule has 1 N–H and O–H groups in total. The Hall–Kier alpha value is -0.840. The van der Waals surface area contributed by atoms with Crippen LogP contribution in [-0.2, 0) is 5.75 Å². The number of thioether (sulfide) groups is 1. The van der Waals surface area contributed by atoms with Crippen molar-refractivity contribution in [1.82, 2.24) is 10.3 Å². The van der Waals surface area contributed by atoms with E-state index in [0.717, 1.165) is 18.0 Å². The number of hydrogen-bond acceptors (Lipinski definition) is 4. The van der Waals surface area contributed by atoms with Crippen LogP contribution in [-0.4, -0.2) is 11.5 Å². The van der Waals surface area contributed by atoms with Gasteiger partial charge < -0.3 is 5.32 Å². The van der Waals surface area contributed by atoms with Crippen molar-refractivity contribution >= 4 is 23.1 Å². The van der Waals surface area contributed by atoms with Crippen LogP contribution in [0.25, 0.3) is 0 Å². The predicted molar refractivity (Wildman–Crippen MR) is 80.2 cm³/mol. The van der Waals surface area contributed by atoms with Crippen molar-refractivity contribution < 1.29 is 0 Å². The van der Waals surface area contributed by atoms with Gasteiger partial charge in [0.15, 0.2) is 0 Å². The maximum Gasteiger partial charge on any atom is 0.0795 e. The van der Waals surface area contributed by atoms with E-state index in [2.05, 4.69) is 53.8 Å². The number of thiazole rings is 1. The Kier molecular flexibility index (Phi) is 5.23. The minimum Gasteiger partial charge on any atom is -0.310 e. The first-order valence-corrected chi connectivity index (χ1v) is 8.05. The lowest BCUT2D eigenvalue weighted by Crippen LogP contribution is -2.17. The summed E-state index contributed by atoms with van der Waals surface area (Å²) in [6.45, 7) is 5.34. The zero-order chi connectivity index (χ0) is 12.8. The monoisotopic (exact) mass is 278 g/mol. The zero-order valence-corrected chi connectivity index (χ0v) is 12.4. The van der Waals surface area contributed by atoms with Gasteiger partial charge in [-0.05, 0) is 31.2 Å². The lowest BCUT2D eigenvalue weighted by atomic mass is 10.1. The third-order valence-corrected chi connectivity index (χ3v) is 4.40. The van der Waals surface area contributed by atoms with Gasteiger partial charge >= 0.3 is 0 Å². The first-order valence-electron chi connectivity index (χ1n) is 6.12. The lowest BCUT2D eigenvalue weighted by molar-refractivity contribution is 0.597. The summed E-state index contributed by atoms with van der Waals surface area (Å²) in [6, 6.07) is 9.16. The first-order chi connectivity index (χ1) is 8.79. The van der Waals surface area contributed by atoms with E-state index in [1.165, 1.54) is 10.5 Å². The van der Waals surface area contributed by atoms with Gasteiger partial charge in [0.2, 0.25) is 0 Å². The Labute approximate surface area is 117 Å². The van der Waals surface area contributed by atoms with E-state index >= 15 is 0 Å². The summed E-state index contributed by atoms with van der Waals surface area (Å²) < 4.78 is 0. The van der Waals surface area contributed by atoms with Gasteiger partial charge in [-0.25, -0.2) is 4.98 Å². The van der Waals surface area contributed by atoms with Gasteiger partial charge in [0, 0.05) is 22.1 Å². The molecule has 2 aromatic rings. The highest BCUT2D eigenvalue weighted by Crippen LogP contribution is 2.25. The van der Waals surface area contributed by atoms with Crippen molar-refractivity contribution in [1.29, 1.82) is 0 Å². The largest absolute Gasteiger partial charge is 0.310 e. The van der Waals surface area contributed by atoms with Crippen LogP contribution >= 0.6 is 23.1 Å². The zero-order valence-electron chi connectivity index (χ0n) is 10.7. The molecule has 1 aromatic carbocycles. The van der Waals surface area contributed by atoms with E-state index in [1.807, 2.05) is 17.3 Å². The minimum absolute atomic E-state index is 0.412. The summed E-state index contributed by atoms with van der Waals surface area (Å²) in [5.41, 5.74) is 4.40. The molecular formula is C14H18N2S2. The molecule has 0 saturated heterocycles. The molecule has 0 amide bonds. The molecule has 0 fully saturated rings.